The molecule has 0 fully saturated rings. The van der Waals surface area contributed by atoms with Gasteiger partial charge in [0.2, 0.25) is 0 Å². The van der Waals surface area contributed by atoms with E-state index in [9.17, 15) is 9.59 Å². The zero-order chi connectivity index (χ0) is 16.2. The molecule has 4 heteroatoms. The van der Waals surface area contributed by atoms with Gasteiger partial charge < -0.3 is 9.47 Å². The molecule has 0 N–H and O–H groups in total. The van der Waals surface area contributed by atoms with E-state index >= 15 is 0 Å². The zero-order valence-corrected chi connectivity index (χ0v) is 12.8. The summed E-state index contributed by atoms with van der Waals surface area (Å²) >= 11 is 0. The first-order valence-corrected chi connectivity index (χ1v) is 7.11. The largest absolute Gasteiger partial charge is 0.427 e. The van der Waals surface area contributed by atoms with Gasteiger partial charge in [-0.05, 0) is 30.7 Å². The molecule has 4 nitrogen and oxygen atoms in total. The monoisotopic (exact) mass is 300 g/mol. The molecular formula is C18H20O4. The molecule has 0 aliphatic heterocycles. The summed E-state index contributed by atoms with van der Waals surface area (Å²) in [5, 5.41) is 0. The van der Waals surface area contributed by atoms with Crippen LogP contribution in [0.1, 0.15) is 26.7 Å². The van der Waals surface area contributed by atoms with Crippen molar-refractivity contribution in [2.75, 3.05) is 0 Å². The van der Waals surface area contributed by atoms with Gasteiger partial charge in [-0.25, -0.2) is 0 Å². The molecule has 0 spiro atoms. The summed E-state index contributed by atoms with van der Waals surface area (Å²) in [6.45, 7) is 3.33. The molecule has 2 rings (SSSR count). The molecule has 0 aromatic heterocycles. The number of benzene rings is 2. The number of carbonyl (C=O) groups excluding carboxylic acids is 2. The van der Waals surface area contributed by atoms with Crippen LogP contribution in [-0.4, -0.2) is 11.9 Å². The highest BCUT2D eigenvalue weighted by Gasteiger charge is 2.00. The maximum atomic E-state index is 11.0. The van der Waals surface area contributed by atoms with Crippen molar-refractivity contribution in [3.63, 3.8) is 0 Å². The fourth-order valence-corrected chi connectivity index (χ4v) is 1.53. The smallest absolute Gasteiger partial charge is 0.311 e. The third-order valence-corrected chi connectivity index (χ3v) is 2.43. The average molecular weight is 300 g/mol. The maximum absolute atomic E-state index is 11.0. The minimum Gasteiger partial charge on any atom is -0.427 e. The highest BCUT2D eigenvalue weighted by atomic mass is 16.5. The van der Waals surface area contributed by atoms with Crippen molar-refractivity contribution in [1.29, 1.82) is 0 Å². The zero-order valence-electron chi connectivity index (χ0n) is 12.8. The van der Waals surface area contributed by atoms with Gasteiger partial charge in [0.25, 0.3) is 0 Å². The second-order valence-corrected chi connectivity index (χ2v) is 4.44. The molecular weight excluding hydrogens is 280 g/mol. The molecule has 22 heavy (non-hydrogen) atoms. The van der Waals surface area contributed by atoms with Gasteiger partial charge in [0.15, 0.2) is 0 Å². The average Bonchev–Trinajstić information content (AvgIpc) is 2.49. The first-order chi connectivity index (χ1) is 10.6. The Bertz CT molecular complexity index is 564. The van der Waals surface area contributed by atoms with E-state index in [1.54, 1.807) is 24.3 Å². The number of hydrogen-bond acceptors (Lipinski definition) is 4. The van der Waals surface area contributed by atoms with Crippen LogP contribution in [0.15, 0.2) is 60.7 Å². The van der Waals surface area contributed by atoms with E-state index in [0.717, 1.165) is 6.42 Å². The summed E-state index contributed by atoms with van der Waals surface area (Å²) < 4.78 is 9.79. The minimum absolute atomic E-state index is 0.163. The van der Waals surface area contributed by atoms with E-state index in [-0.39, 0.29) is 11.9 Å². The number of rotatable bonds is 4. The topological polar surface area (TPSA) is 52.6 Å². The third-order valence-electron chi connectivity index (χ3n) is 2.43. The summed E-state index contributed by atoms with van der Waals surface area (Å²) in [5.74, 6) is 0.765. The Kier molecular flexibility index (Phi) is 8.05. The molecule has 0 saturated carbocycles. The van der Waals surface area contributed by atoms with Crippen LogP contribution in [0.25, 0.3) is 0 Å². The first-order valence-electron chi connectivity index (χ1n) is 7.11. The van der Waals surface area contributed by atoms with Crippen molar-refractivity contribution in [1.82, 2.24) is 0 Å². The predicted octanol–water partition coefficient (Wildman–Crippen LogP) is 4.00. The Morgan fingerprint density at radius 3 is 1.68 bits per heavy atom. The number of esters is 2. The Hall–Kier alpha value is -2.62. The van der Waals surface area contributed by atoms with Gasteiger partial charge in [0.1, 0.15) is 11.5 Å². The summed E-state index contributed by atoms with van der Waals surface area (Å²) in [5.41, 5.74) is 0. The van der Waals surface area contributed by atoms with Crippen molar-refractivity contribution >= 4 is 11.9 Å². The number of ether oxygens (including phenoxy) is 2. The van der Waals surface area contributed by atoms with Crippen molar-refractivity contribution in [3.8, 4) is 11.5 Å². The van der Waals surface area contributed by atoms with Crippen LogP contribution in [0.3, 0.4) is 0 Å². The van der Waals surface area contributed by atoms with E-state index < -0.39 is 0 Å². The lowest BCUT2D eigenvalue weighted by Gasteiger charge is -2.01. The molecule has 0 aliphatic carbocycles. The predicted molar refractivity (Wildman–Crippen MR) is 84.7 cm³/mol. The van der Waals surface area contributed by atoms with Crippen LogP contribution < -0.4 is 9.47 Å². The van der Waals surface area contributed by atoms with Gasteiger partial charge in [-0.3, -0.25) is 9.59 Å². The molecule has 2 aromatic rings. The first kappa shape index (κ1) is 17.4. The van der Waals surface area contributed by atoms with E-state index in [2.05, 4.69) is 0 Å². The molecule has 0 unspecified atom stereocenters. The van der Waals surface area contributed by atoms with Crippen LogP contribution in [-0.2, 0) is 9.59 Å². The fraction of sp³-hybridized carbons (Fsp3) is 0.222. The molecule has 0 saturated heterocycles. The van der Waals surface area contributed by atoms with E-state index in [1.807, 2.05) is 43.3 Å². The highest BCUT2D eigenvalue weighted by Crippen LogP contribution is 2.09. The second kappa shape index (κ2) is 10.2. The van der Waals surface area contributed by atoms with Crippen LogP contribution in [0.2, 0.25) is 0 Å². The normalized spacial score (nSPS) is 9.18. The van der Waals surface area contributed by atoms with Crippen molar-refractivity contribution < 1.29 is 19.1 Å². The number of para-hydroxylation sites is 2. The van der Waals surface area contributed by atoms with Gasteiger partial charge in [-0.2, -0.15) is 0 Å². The summed E-state index contributed by atoms with van der Waals surface area (Å²) in [7, 11) is 0. The Labute approximate surface area is 130 Å². The lowest BCUT2D eigenvalue weighted by molar-refractivity contribution is -0.134. The van der Waals surface area contributed by atoms with Crippen molar-refractivity contribution in [2.24, 2.45) is 0 Å². The summed E-state index contributed by atoms with van der Waals surface area (Å²) in [6, 6.07) is 18.1. The SMILES string of the molecule is CC(=O)Oc1ccccc1.CCCC(=O)Oc1ccccc1. The van der Waals surface area contributed by atoms with Gasteiger partial charge >= 0.3 is 11.9 Å². The Morgan fingerprint density at radius 1 is 0.818 bits per heavy atom. The standard InChI is InChI=1S/C10H12O2.C8H8O2/c1-2-6-10(11)12-9-7-4-3-5-8-9;1-7(9)10-8-5-3-2-4-6-8/h3-5,7-8H,2,6H2,1H3;2-6H,1H3. The molecule has 0 atom stereocenters. The molecule has 116 valence electrons. The molecule has 0 radical (unpaired) electrons. The van der Waals surface area contributed by atoms with Gasteiger partial charge in [0, 0.05) is 13.3 Å². The summed E-state index contributed by atoms with van der Waals surface area (Å²) in [6.07, 6.45) is 1.31. The van der Waals surface area contributed by atoms with Crippen LogP contribution >= 0.6 is 0 Å². The fourth-order valence-electron chi connectivity index (χ4n) is 1.53. The van der Waals surface area contributed by atoms with Gasteiger partial charge in [0.05, 0.1) is 0 Å². The van der Waals surface area contributed by atoms with Crippen LogP contribution in [0.4, 0.5) is 0 Å². The number of carbonyl (C=O) groups is 2. The highest BCUT2D eigenvalue weighted by molar-refractivity contribution is 5.72. The van der Waals surface area contributed by atoms with Crippen molar-refractivity contribution in [2.45, 2.75) is 26.7 Å². The molecule has 2 aromatic carbocycles. The molecule has 0 heterocycles. The van der Waals surface area contributed by atoms with Crippen molar-refractivity contribution in [3.05, 3.63) is 60.7 Å². The summed E-state index contributed by atoms with van der Waals surface area (Å²) in [4.78, 5) is 21.4. The molecule has 0 aliphatic rings. The molecule has 0 bridgehead atoms. The lowest BCUT2D eigenvalue weighted by Crippen LogP contribution is -2.06. The van der Waals surface area contributed by atoms with Gasteiger partial charge in [-0.15, -0.1) is 0 Å². The second-order valence-electron chi connectivity index (χ2n) is 4.44. The Balaban J connectivity index is 0.000000224. The quantitative estimate of drug-likeness (QED) is 0.632. The van der Waals surface area contributed by atoms with E-state index in [1.165, 1.54) is 6.92 Å². The van der Waals surface area contributed by atoms with E-state index in [4.69, 9.17) is 9.47 Å². The maximum Gasteiger partial charge on any atom is 0.311 e. The van der Waals surface area contributed by atoms with E-state index in [0.29, 0.717) is 17.9 Å². The lowest BCUT2D eigenvalue weighted by atomic mass is 10.3. The Morgan fingerprint density at radius 2 is 1.27 bits per heavy atom. The van der Waals surface area contributed by atoms with Crippen LogP contribution in [0, 0.1) is 0 Å². The van der Waals surface area contributed by atoms with Crippen LogP contribution in [0.5, 0.6) is 11.5 Å². The minimum atomic E-state index is -0.286. The third kappa shape index (κ3) is 7.85. The molecule has 0 amide bonds. The number of hydrogen-bond donors (Lipinski definition) is 0. The van der Waals surface area contributed by atoms with Gasteiger partial charge in [-0.1, -0.05) is 43.3 Å².